The van der Waals surface area contributed by atoms with Crippen LogP contribution >= 0.6 is 0 Å². The van der Waals surface area contributed by atoms with Crippen molar-refractivity contribution in [3.63, 3.8) is 0 Å². The van der Waals surface area contributed by atoms with E-state index in [0.717, 1.165) is 29.3 Å². The number of aryl methyl sites for hydroxylation is 2. The first-order valence-electron chi connectivity index (χ1n) is 6.62. The number of carbonyl (C=O) groups is 1. The van der Waals surface area contributed by atoms with Crippen molar-refractivity contribution in [1.82, 2.24) is 4.98 Å². The predicted molar refractivity (Wildman–Crippen MR) is 79.1 cm³/mol. The third-order valence-corrected chi connectivity index (χ3v) is 3.55. The molecular formula is C17H15NO2. The van der Waals surface area contributed by atoms with Crippen molar-refractivity contribution < 1.29 is 9.90 Å². The quantitative estimate of drug-likeness (QED) is 0.756. The first-order chi connectivity index (χ1) is 9.75. The largest absolute Gasteiger partial charge is 0.478 e. The van der Waals surface area contributed by atoms with Gasteiger partial charge in [0.25, 0.3) is 0 Å². The minimum absolute atomic E-state index is 0.351. The molecule has 0 bridgehead atoms. The van der Waals surface area contributed by atoms with Crippen LogP contribution < -0.4 is 0 Å². The molecule has 3 heteroatoms. The van der Waals surface area contributed by atoms with E-state index in [1.165, 1.54) is 5.56 Å². The number of aromatic carboxylic acids is 1. The Balaban J connectivity index is 1.95. The van der Waals surface area contributed by atoms with Crippen LogP contribution in [0.5, 0.6) is 0 Å². The fourth-order valence-electron chi connectivity index (χ4n) is 2.56. The highest BCUT2D eigenvalue weighted by Crippen LogP contribution is 2.24. The van der Waals surface area contributed by atoms with Gasteiger partial charge in [-0.2, -0.15) is 0 Å². The molecule has 2 aromatic carbocycles. The third-order valence-electron chi connectivity index (χ3n) is 3.55. The van der Waals surface area contributed by atoms with Crippen LogP contribution in [-0.2, 0) is 12.8 Å². The number of H-pyrrole nitrogens is 1. The van der Waals surface area contributed by atoms with Crippen molar-refractivity contribution in [3.05, 3.63) is 71.4 Å². The molecule has 0 aliphatic rings. The number of carboxylic acid groups (broad SMARTS) is 1. The summed E-state index contributed by atoms with van der Waals surface area (Å²) in [6.45, 7) is 0. The topological polar surface area (TPSA) is 53.1 Å². The predicted octanol–water partition coefficient (Wildman–Crippen LogP) is 3.65. The molecule has 0 unspecified atom stereocenters. The Hall–Kier alpha value is -2.55. The van der Waals surface area contributed by atoms with E-state index < -0.39 is 5.97 Å². The second-order valence-electron chi connectivity index (χ2n) is 4.83. The molecule has 2 N–H and O–H groups in total. The van der Waals surface area contributed by atoms with Crippen LogP contribution in [0, 0.1) is 0 Å². The Morgan fingerprint density at radius 1 is 1.00 bits per heavy atom. The smallest absolute Gasteiger partial charge is 0.337 e. The SMILES string of the molecule is O=C(O)c1c[nH]c2cccc(CCc3ccccc3)c12. The normalized spacial score (nSPS) is 10.8. The molecule has 0 spiro atoms. The maximum atomic E-state index is 11.3. The van der Waals surface area contributed by atoms with Crippen LogP contribution in [0.2, 0.25) is 0 Å². The lowest BCUT2D eigenvalue weighted by atomic mass is 9.99. The highest BCUT2D eigenvalue weighted by Gasteiger charge is 2.13. The van der Waals surface area contributed by atoms with Gasteiger partial charge in [-0.05, 0) is 30.0 Å². The summed E-state index contributed by atoms with van der Waals surface area (Å²) in [5, 5.41) is 10.1. The summed E-state index contributed by atoms with van der Waals surface area (Å²) in [7, 11) is 0. The summed E-state index contributed by atoms with van der Waals surface area (Å²) in [5.41, 5.74) is 3.57. The van der Waals surface area contributed by atoms with Crippen molar-refractivity contribution in [2.75, 3.05) is 0 Å². The maximum Gasteiger partial charge on any atom is 0.337 e. The lowest BCUT2D eigenvalue weighted by Gasteiger charge is -2.05. The van der Waals surface area contributed by atoms with Gasteiger partial charge < -0.3 is 10.1 Å². The fraction of sp³-hybridized carbons (Fsp3) is 0.118. The van der Waals surface area contributed by atoms with E-state index in [9.17, 15) is 9.90 Å². The minimum Gasteiger partial charge on any atom is -0.478 e. The van der Waals surface area contributed by atoms with Gasteiger partial charge in [0.1, 0.15) is 0 Å². The van der Waals surface area contributed by atoms with Gasteiger partial charge in [0.2, 0.25) is 0 Å². The number of rotatable bonds is 4. The summed E-state index contributed by atoms with van der Waals surface area (Å²) >= 11 is 0. The zero-order valence-electron chi connectivity index (χ0n) is 11.0. The van der Waals surface area contributed by atoms with Crippen molar-refractivity contribution in [2.24, 2.45) is 0 Å². The lowest BCUT2D eigenvalue weighted by molar-refractivity contribution is 0.0699. The highest BCUT2D eigenvalue weighted by atomic mass is 16.4. The molecule has 0 saturated carbocycles. The van der Waals surface area contributed by atoms with Crippen molar-refractivity contribution in [2.45, 2.75) is 12.8 Å². The summed E-state index contributed by atoms with van der Waals surface area (Å²) in [6, 6.07) is 16.1. The number of aromatic nitrogens is 1. The molecule has 0 saturated heterocycles. The molecule has 20 heavy (non-hydrogen) atoms. The van der Waals surface area contributed by atoms with Crippen LogP contribution in [0.3, 0.4) is 0 Å². The van der Waals surface area contributed by atoms with Crippen LogP contribution in [0.1, 0.15) is 21.5 Å². The Labute approximate surface area is 116 Å². The summed E-state index contributed by atoms with van der Waals surface area (Å²) < 4.78 is 0. The van der Waals surface area contributed by atoms with Crippen molar-refractivity contribution in [1.29, 1.82) is 0 Å². The number of nitrogens with one attached hydrogen (secondary N) is 1. The average molecular weight is 265 g/mol. The van der Waals surface area contributed by atoms with E-state index in [4.69, 9.17) is 0 Å². The number of hydrogen-bond acceptors (Lipinski definition) is 1. The molecule has 0 fully saturated rings. The number of fused-ring (bicyclic) bond motifs is 1. The highest BCUT2D eigenvalue weighted by molar-refractivity contribution is 6.04. The molecule has 0 atom stereocenters. The van der Waals surface area contributed by atoms with Crippen LogP contribution in [0.25, 0.3) is 10.9 Å². The van der Waals surface area contributed by atoms with E-state index in [2.05, 4.69) is 17.1 Å². The third kappa shape index (κ3) is 2.30. The second kappa shape index (κ2) is 5.21. The van der Waals surface area contributed by atoms with E-state index in [1.807, 2.05) is 36.4 Å². The lowest BCUT2D eigenvalue weighted by Crippen LogP contribution is -1.98. The van der Waals surface area contributed by atoms with Gasteiger partial charge in [-0.25, -0.2) is 4.79 Å². The molecule has 0 amide bonds. The van der Waals surface area contributed by atoms with Gasteiger partial charge in [0, 0.05) is 17.1 Å². The Kier molecular flexibility index (Phi) is 3.25. The summed E-state index contributed by atoms with van der Waals surface area (Å²) in [4.78, 5) is 14.3. The molecule has 0 radical (unpaired) electrons. The Bertz CT molecular complexity index is 744. The summed E-state index contributed by atoms with van der Waals surface area (Å²) in [5.74, 6) is -0.886. The summed E-state index contributed by atoms with van der Waals surface area (Å²) in [6.07, 6.45) is 3.31. The van der Waals surface area contributed by atoms with Gasteiger partial charge in [-0.1, -0.05) is 42.5 Å². The first kappa shape index (κ1) is 12.5. The molecular weight excluding hydrogens is 250 g/mol. The standard InChI is InChI=1S/C17H15NO2/c19-17(20)14-11-18-15-8-4-7-13(16(14)15)10-9-12-5-2-1-3-6-12/h1-8,11,18H,9-10H2,(H,19,20). The zero-order chi connectivity index (χ0) is 13.9. The molecule has 3 aromatic rings. The van der Waals surface area contributed by atoms with E-state index in [0.29, 0.717) is 5.56 Å². The van der Waals surface area contributed by atoms with E-state index >= 15 is 0 Å². The van der Waals surface area contributed by atoms with Crippen LogP contribution in [-0.4, -0.2) is 16.1 Å². The zero-order valence-corrected chi connectivity index (χ0v) is 11.0. The van der Waals surface area contributed by atoms with Crippen molar-refractivity contribution in [3.8, 4) is 0 Å². The van der Waals surface area contributed by atoms with Crippen molar-refractivity contribution >= 4 is 16.9 Å². The molecule has 1 aromatic heterocycles. The average Bonchev–Trinajstić information content (AvgIpc) is 2.91. The number of benzene rings is 2. The van der Waals surface area contributed by atoms with E-state index in [-0.39, 0.29) is 0 Å². The monoisotopic (exact) mass is 265 g/mol. The van der Waals surface area contributed by atoms with Crippen LogP contribution in [0.4, 0.5) is 0 Å². The maximum absolute atomic E-state index is 11.3. The minimum atomic E-state index is -0.886. The molecule has 1 heterocycles. The van der Waals surface area contributed by atoms with Gasteiger partial charge >= 0.3 is 5.97 Å². The molecule has 3 rings (SSSR count). The van der Waals surface area contributed by atoms with Gasteiger partial charge in [0.05, 0.1) is 5.56 Å². The van der Waals surface area contributed by atoms with Gasteiger partial charge in [0.15, 0.2) is 0 Å². The molecule has 3 nitrogen and oxygen atoms in total. The second-order valence-corrected chi connectivity index (χ2v) is 4.83. The van der Waals surface area contributed by atoms with E-state index in [1.54, 1.807) is 6.20 Å². The first-order valence-corrected chi connectivity index (χ1v) is 6.62. The van der Waals surface area contributed by atoms with Gasteiger partial charge in [-0.3, -0.25) is 0 Å². The number of aromatic amines is 1. The molecule has 0 aliphatic heterocycles. The Morgan fingerprint density at radius 2 is 1.80 bits per heavy atom. The Morgan fingerprint density at radius 3 is 2.55 bits per heavy atom. The fourth-order valence-corrected chi connectivity index (χ4v) is 2.56. The number of carboxylic acids is 1. The molecule has 100 valence electrons. The van der Waals surface area contributed by atoms with Crippen LogP contribution in [0.15, 0.2) is 54.7 Å². The van der Waals surface area contributed by atoms with Gasteiger partial charge in [-0.15, -0.1) is 0 Å². The number of hydrogen-bond donors (Lipinski definition) is 2. The molecule has 0 aliphatic carbocycles.